The van der Waals surface area contributed by atoms with Gasteiger partial charge in [0.05, 0.1) is 35.6 Å². The number of nitrogens with one attached hydrogen (secondary N) is 2. The van der Waals surface area contributed by atoms with E-state index in [1.807, 2.05) is 12.1 Å². The van der Waals surface area contributed by atoms with Crippen LogP contribution in [0.15, 0.2) is 53.6 Å². The summed E-state index contributed by atoms with van der Waals surface area (Å²) in [4.78, 5) is 23.3. The smallest absolute Gasteiger partial charge is 0.251 e. The van der Waals surface area contributed by atoms with Crippen molar-refractivity contribution in [1.29, 1.82) is 0 Å². The lowest BCUT2D eigenvalue weighted by Crippen LogP contribution is -2.47. The minimum absolute atomic E-state index is 0.0240. The number of anilines is 1. The Bertz CT molecular complexity index is 1260. The van der Waals surface area contributed by atoms with E-state index >= 15 is 0 Å². The number of morpholine rings is 1. The van der Waals surface area contributed by atoms with Crippen molar-refractivity contribution in [2.45, 2.75) is 19.2 Å². The maximum Gasteiger partial charge on any atom is 0.251 e. The van der Waals surface area contributed by atoms with Crippen LogP contribution in [0.4, 0.5) is 10.2 Å². The third-order valence-corrected chi connectivity index (χ3v) is 5.96. The van der Waals surface area contributed by atoms with Crippen LogP contribution in [0, 0.1) is 5.82 Å². The maximum atomic E-state index is 13.7. The van der Waals surface area contributed by atoms with E-state index in [2.05, 4.69) is 32.1 Å². The van der Waals surface area contributed by atoms with E-state index in [1.165, 1.54) is 12.1 Å². The van der Waals surface area contributed by atoms with Crippen molar-refractivity contribution in [3.05, 3.63) is 70.7 Å². The van der Waals surface area contributed by atoms with E-state index in [4.69, 9.17) is 9.47 Å². The van der Waals surface area contributed by atoms with E-state index < -0.39 is 5.82 Å². The van der Waals surface area contributed by atoms with Crippen molar-refractivity contribution < 1.29 is 13.9 Å². The van der Waals surface area contributed by atoms with Crippen molar-refractivity contribution in [3.8, 4) is 5.75 Å². The van der Waals surface area contributed by atoms with Crippen LogP contribution in [-0.4, -0.2) is 64.9 Å². The number of hydrogen-bond donors (Lipinski definition) is 2. The summed E-state index contributed by atoms with van der Waals surface area (Å²) in [5.74, 6) is 0.964. The average molecular weight is 467 g/mol. The van der Waals surface area contributed by atoms with Gasteiger partial charge in [-0.25, -0.2) is 9.37 Å². The van der Waals surface area contributed by atoms with Crippen molar-refractivity contribution in [2.75, 3.05) is 44.7 Å². The summed E-state index contributed by atoms with van der Waals surface area (Å²) in [6.45, 7) is 8.87. The SMILES string of the molecule is C=C1COc2ccc(CNCC3CN(CCn4c(=O)ccc5ncc(F)cc54)CCO3)nc2N1. The number of pyridine rings is 3. The molecule has 0 saturated carbocycles. The van der Waals surface area contributed by atoms with Gasteiger partial charge in [0.1, 0.15) is 12.4 Å². The van der Waals surface area contributed by atoms with Crippen LogP contribution in [0.25, 0.3) is 11.0 Å². The molecule has 10 heteroatoms. The monoisotopic (exact) mass is 466 g/mol. The van der Waals surface area contributed by atoms with Crippen LogP contribution in [0.5, 0.6) is 5.75 Å². The fourth-order valence-corrected chi connectivity index (χ4v) is 4.24. The molecule has 0 bridgehead atoms. The van der Waals surface area contributed by atoms with Gasteiger partial charge in [-0.05, 0) is 18.2 Å². The molecular formula is C24H27FN6O3. The Hall–Kier alpha value is -3.34. The lowest BCUT2D eigenvalue weighted by Gasteiger charge is -2.33. The molecule has 5 rings (SSSR count). The lowest BCUT2D eigenvalue weighted by atomic mass is 10.2. The first kappa shape index (κ1) is 22.5. The molecule has 1 atom stereocenters. The molecule has 34 heavy (non-hydrogen) atoms. The second-order valence-corrected chi connectivity index (χ2v) is 8.47. The Kier molecular flexibility index (Phi) is 6.52. The summed E-state index contributed by atoms with van der Waals surface area (Å²) < 4.78 is 26.8. The molecule has 2 aliphatic rings. The van der Waals surface area contributed by atoms with Gasteiger partial charge in [0.2, 0.25) is 0 Å². The Morgan fingerprint density at radius 2 is 2.18 bits per heavy atom. The minimum Gasteiger partial charge on any atom is -0.484 e. The Labute approximate surface area is 196 Å². The van der Waals surface area contributed by atoms with E-state index in [-0.39, 0.29) is 11.7 Å². The van der Waals surface area contributed by atoms with Gasteiger partial charge in [-0.1, -0.05) is 6.58 Å². The predicted molar refractivity (Wildman–Crippen MR) is 126 cm³/mol. The molecule has 1 unspecified atom stereocenters. The average Bonchev–Trinajstić information content (AvgIpc) is 2.83. The Morgan fingerprint density at radius 1 is 1.26 bits per heavy atom. The van der Waals surface area contributed by atoms with Gasteiger partial charge in [-0.2, -0.15) is 0 Å². The van der Waals surface area contributed by atoms with E-state index in [0.29, 0.717) is 56.2 Å². The molecule has 3 aromatic heterocycles. The van der Waals surface area contributed by atoms with Gasteiger partial charge in [-0.15, -0.1) is 0 Å². The van der Waals surface area contributed by atoms with Gasteiger partial charge in [0.25, 0.3) is 5.56 Å². The third-order valence-electron chi connectivity index (χ3n) is 5.96. The molecule has 0 aromatic carbocycles. The molecular weight excluding hydrogens is 439 g/mol. The summed E-state index contributed by atoms with van der Waals surface area (Å²) in [7, 11) is 0. The van der Waals surface area contributed by atoms with Gasteiger partial charge >= 0.3 is 0 Å². The Balaban J connectivity index is 1.14. The number of rotatable bonds is 7. The molecule has 1 fully saturated rings. The highest BCUT2D eigenvalue weighted by atomic mass is 19.1. The molecule has 178 valence electrons. The summed E-state index contributed by atoms with van der Waals surface area (Å²) in [6.07, 6.45) is 1.19. The van der Waals surface area contributed by atoms with Crippen LogP contribution >= 0.6 is 0 Å². The van der Waals surface area contributed by atoms with Crippen LogP contribution in [0.3, 0.4) is 0 Å². The zero-order valence-corrected chi connectivity index (χ0v) is 18.8. The fourth-order valence-electron chi connectivity index (χ4n) is 4.24. The van der Waals surface area contributed by atoms with E-state index in [9.17, 15) is 9.18 Å². The number of ether oxygens (including phenoxy) is 2. The normalized spacial score (nSPS) is 18.4. The number of hydrogen-bond acceptors (Lipinski definition) is 8. The van der Waals surface area contributed by atoms with E-state index in [0.717, 1.165) is 36.4 Å². The molecule has 2 aliphatic heterocycles. The maximum absolute atomic E-state index is 13.7. The predicted octanol–water partition coefficient (Wildman–Crippen LogP) is 1.74. The summed E-state index contributed by atoms with van der Waals surface area (Å²) in [5, 5.41) is 6.57. The molecule has 1 saturated heterocycles. The van der Waals surface area contributed by atoms with Gasteiger partial charge in [0.15, 0.2) is 11.6 Å². The van der Waals surface area contributed by atoms with Crippen LogP contribution in [-0.2, 0) is 17.8 Å². The standard InChI is InChI=1S/C24H27FN6O3/c1-16-15-34-22-4-2-18(29-24(22)28-16)12-26-13-19-14-30(8-9-33-19)6-7-31-21-10-17(25)11-27-20(21)3-5-23(31)32/h2-5,10-11,19,26H,1,6-9,12-15H2,(H,28,29). The molecule has 0 aliphatic carbocycles. The molecule has 0 spiro atoms. The highest BCUT2D eigenvalue weighted by Crippen LogP contribution is 2.27. The molecule has 3 aromatic rings. The summed E-state index contributed by atoms with van der Waals surface area (Å²) in [5.41, 5.74) is 2.64. The number of aromatic nitrogens is 3. The second-order valence-electron chi connectivity index (χ2n) is 8.47. The number of halogens is 1. The van der Waals surface area contributed by atoms with Crippen LogP contribution in [0.2, 0.25) is 0 Å². The number of nitrogens with zero attached hydrogens (tertiary/aromatic N) is 4. The second kappa shape index (κ2) is 9.88. The van der Waals surface area contributed by atoms with Crippen LogP contribution < -0.4 is 20.9 Å². The first-order chi connectivity index (χ1) is 16.5. The summed E-state index contributed by atoms with van der Waals surface area (Å²) >= 11 is 0. The van der Waals surface area contributed by atoms with Gasteiger partial charge < -0.3 is 24.7 Å². The lowest BCUT2D eigenvalue weighted by molar-refractivity contribution is -0.0280. The zero-order chi connectivity index (χ0) is 23.5. The fraction of sp³-hybridized carbons (Fsp3) is 0.375. The number of fused-ring (bicyclic) bond motifs is 2. The van der Waals surface area contributed by atoms with Gasteiger partial charge in [0, 0.05) is 57.1 Å². The zero-order valence-electron chi connectivity index (χ0n) is 18.8. The highest BCUT2D eigenvalue weighted by molar-refractivity contribution is 5.74. The molecule has 0 amide bonds. The first-order valence-electron chi connectivity index (χ1n) is 11.3. The van der Waals surface area contributed by atoms with Crippen molar-refractivity contribution in [1.82, 2.24) is 24.8 Å². The van der Waals surface area contributed by atoms with Crippen molar-refractivity contribution >= 4 is 16.9 Å². The van der Waals surface area contributed by atoms with Crippen molar-refractivity contribution in [2.24, 2.45) is 0 Å². The summed E-state index contributed by atoms with van der Waals surface area (Å²) in [6, 6.07) is 8.32. The molecule has 9 nitrogen and oxygen atoms in total. The Morgan fingerprint density at radius 3 is 3.09 bits per heavy atom. The van der Waals surface area contributed by atoms with Crippen molar-refractivity contribution in [3.63, 3.8) is 0 Å². The molecule has 2 N–H and O–H groups in total. The highest BCUT2D eigenvalue weighted by Gasteiger charge is 2.21. The van der Waals surface area contributed by atoms with Crippen LogP contribution in [0.1, 0.15) is 5.69 Å². The van der Waals surface area contributed by atoms with E-state index in [1.54, 1.807) is 10.6 Å². The molecule has 5 heterocycles. The molecule has 0 radical (unpaired) electrons. The minimum atomic E-state index is -0.453. The first-order valence-corrected chi connectivity index (χ1v) is 11.3. The van der Waals surface area contributed by atoms with Gasteiger partial charge in [-0.3, -0.25) is 14.7 Å². The largest absolute Gasteiger partial charge is 0.484 e. The quantitative estimate of drug-likeness (QED) is 0.544. The third kappa shape index (κ3) is 5.09. The topological polar surface area (TPSA) is 93.5 Å².